The fraction of sp³-hybridized carbons (Fsp3) is 0.467. The summed E-state index contributed by atoms with van der Waals surface area (Å²) in [6.45, 7) is 14.0. The van der Waals surface area contributed by atoms with Crippen molar-refractivity contribution < 1.29 is 0 Å². The molecule has 0 amide bonds. The van der Waals surface area contributed by atoms with Crippen molar-refractivity contribution in [3.05, 3.63) is 46.7 Å². The smallest absolute Gasteiger partial charge is 0.00829 e. The molecule has 0 saturated carbocycles. The van der Waals surface area contributed by atoms with Gasteiger partial charge in [-0.05, 0) is 18.4 Å². The van der Waals surface area contributed by atoms with E-state index in [9.17, 15) is 0 Å². The third-order valence-electron chi connectivity index (χ3n) is 1.30. The first-order chi connectivity index (χ1) is 7.70. The molecule has 0 atom stereocenters. The van der Waals surface area contributed by atoms with Crippen molar-refractivity contribution in [2.24, 2.45) is 0 Å². The van der Waals surface area contributed by atoms with Crippen LogP contribution < -0.4 is 0 Å². The fourth-order valence-electron chi connectivity index (χ4n) is 0.805. The summed E-state index contributed by atoms with van der Waals surface area (Å²) in [5.41, 5.74) is 1.11. The first-order valence-corrected chi connectivity index (χ1v) is 6.93. The minimum atomic E-state index is 1.03. The highest BCUT2D eigenvalue weighted by Gasteiger charge is 1.87. The molecule has 0 aliphatic carbocycles. The lowest BCUT2D eigenvalue weighted by Crippen LogP contribution is -1.71. The molecular weight excluding hydrogens is 212 g/mol. The average molecular weight is 238 g/mol. The van der Waals surface area contributed by atoms with Crippen LogP contribution in [0.15, 0.2) is 41.8 Å². The van der Waals surface area contributed by atoms with E-state index in [1.807, 2.05) is 20.8 Å². The number of thiophene rings is 1. The molecule has 0 nitrogen and oxygen atoms in total. The van der Waals surface area contributed by atoms with Gasteiger partial charge in [0.05, 0.1) is 0 Å². The summed E-state index contributed by atoms with van der Waals surface area (Å²) in [6, 6.07) is 4.22. The Balaban J connectivity index is 0. The van der Waals surface area contributed by atoms with Crippen molar-refractivity contribution in [2.75, 3.05) is 0 Å². The van der Waals surface area contributed by atoms with Gasteiger partial charge in [0.25, 0.3) is 0 Å². The zero-order chi connectivity index (χ0) is 12.8. The summed E-state index contributed by atoms with van der Waals surface area (Å²) in [5, 5.41) is 2.10. The molecule has 0 aliphatic rings. The van der Waals surface area contributed by atoms with Crippen LogP contribution in [-0.2, 0) is 6.42 Å². The van der Waals surface area contributed by atoms with E-state index in [1.54, 1.807) is 11.3 Å². The molecule has 0 spiro atoms. The Labute approximate surface area is 106 Å². The van der Waals surface area contributed by atoms with Crippen LogP contribution in [0.4, 0.5) is 0 Å². The standard InChI is InChI=1S/C10H12S.C3H8.C2H6/c1-9(2)5-3-6-10-7-4-8-11-10;1-3-2;1-2/h3-5,7-8H,1,6H2,2H3;3H2,1-2H3;1-2H3/b5-3-;;. The van der Waals surface area contributed by atoms with Gasteiger partial charge in [0.15, 0.2) is 0 Å². The molecule has 0 aliphatic heterocycles. The van der Waals surface area contributed by atoms with Crippen molar-refractivity contribution in [3.63, 3.8) is 0 Å². The van der Waals surface area contributed by atoms with Crippen LogP contribution >= 0.6 is 11.3 Å². The van der Waals surface area contributed by atoms with Gasteiger partial charge in [-0.25, -0.2) is 0 Å². The number of hydrogen-bond acceptors (Lipinski definition) is 1. The summed E-state index contributed by atoms with van der Waals surface area (Å²) >= 11 is 1.79. The van der Waals surface area contributed by atoms with Crippen LogP contribution in [0, 0.1) is 0 Å². The molecular formula is C15H26S. The molecule has 0 N–H and O–H groups in total. The summed E-state index contributed by atoms with van der Waals surface area (Å²) in [5.74, 6) is 0. The molecule has 0 bridgehead atoms. The van der Waals surface area contributed by atoms with E-state index < -0.39 is 0 Å². The van der Waals surface area contributed by atoms with E-state index >= 15 is 0 Å². The third-order valence-corrected chi connectivity index (χ3v) is 2.20. The van der Waals surface area contributed by atoms with Gasteiger partial charge in [-0.1, -0.05) is 64.5 Å². The van der Waals surface area contributed by atoms with Crippen LogP contribution in [0.5, 0.6) is 0 Å². The molecule has 92 valence electrons. The molecule has 1 heteroatoms. The molecule has 1 heterocycles. The molecule has 0 radical (unpaired) electrons. The molecule has 1 aromatic rings. The normalized spacial score (nSPS) is 8.81. The number of allylic oxidation sites excluding steroid dienone is 3. The van der Waals surface area contributed by atoms with Crippen molar-refractivity contribution in [2.45, 2.75) is 47.5 Å². The molecule has 0 fully saturated rings. The molecule has 1 rings (SSSR count). The first-order valence-electron chi connectivity index (χ1n) is 6.05. The Bertz CT molecular complexity index is 255. The summed E-state index contributed by atoms with van der Waals surface area (Å²) in [4.78, 5) is 1.41. The molecule has 0 aromatic carbocycles. The topological polar surface area (TPSA) is 0 Å². The minimum absolute atomic E-state index is 1.03. The highest BCUT2D eigenvalue weighted by molar-refractivity contribution is 7.09. The summed E-state index contributed by atoms with van der Waals surface area (Å²) in [7, 11) is 0. The zero-order valence-electron chi connectivity index (χ0n) is 11.4. The van der Waals surface area contributed by atoms with Crippen LogP contribution in [0.2, 0.25) is 0 Å². The third kappa shape index (κ3) is 13.2. The Hall–Kier alpha value is -0.820. The van der Waals surface area contributed by atoms with Crippen LogP contribution in [-0.4, -0.2) is 0 Å². The van der Waals surface area contributed by atoms with Crippen molar-refractivity contribution in [3.8, 4) is 0 Å². The van der Waals surface area contributed by atoms with Crippen molar-refractivity contribution in [1.82, 2.24) is 0 Å². The van der Waals surface area contributed by atoms with E-state index in [2.05, 4.69) is 50.1 Å². The Morgan fingerprint density at radius 2 is 1.94 bits per heavy atom. The largest absolute Gasteiger partial charge is 0.149 e. The average Bonchev–Trinajstić information content (AvgIpc) is 2.74. The SMILES string of the molecule is C=C(C)/C=C\Cc1cccs1.CC.CCC. The first kappa shape index (κ1) is 17.6. The fourth-order valence-corrected chi connectivity index (χ4v) is 1.49. The van der Waals surface area contributed by atoms with Gasteiger partial charge < -0.3 is 0 Å². The van der Waals surface area contributed by atoms with E-state index in [1.165, 1.54) is 11.3 Å². The van der Waals surface area contributed by atoms with Gasteiger partial charge >= 0.3 is 0 Å². The van der Waals surface area contributed by atoms with Crippen LogP contribution in [0.1, 0.15) is 45.9 Å². The van der Waals surface area contributed by atoms with E-state index in [0.717, 1.165) is 12.0 Å². The maximum atomic E-state index is 3.79. The second-order valence-corrected chi connectivity index (χ2v) is 4.27. The zero-order valence-corrected chi connectivity index (χ0v) is 12.2. The second-order valence-electron chi connectivity index (χ2n) is 3.24. The van der Waals surface area contributed by atoms with Gasteiger partial charge in [0.2, 0.25) is 0 Å². The lowest BCUT2D eigenvalue weighted by Gasteiger charge is -1.87. The van der Waals surface area contributed by atoms with Crippen LogP contribution in [0.3, 0.4) is 0 Å². The maximum Gasteiger partial charge on any atom is 0.00829 e. The van der Waals surface area contributed by atoms with E-state index in [0.29, 0.717) is 0 Å². The number of hydrogen-bond donors (Lipinski definition) is 0. The highest BCUT2D eigenvalue weighted by atomic mass is 32.1. The number of rotatable bonds is 3. The summed E-state index contributed by atoms with van der Waals surface area (Å²) < 4.78 is 0. The van der Waals surface area contributed by atoms with Crippen molar-refractivity contribution >= 4 is 11.3 Å². The van der Waals surface area contributed by atoms with Crippen molar-refractivity contribution in [1.29, 1.82) is 0 Å². The van der Waals surface area contributed by atoms with Crippen LogP contribution in [0.25, 0.3) is 0 Å². The monoisotopic (exact) mass is 238 g/mol. The predicted octanol–water partition coefficient (Wildman–Crippen LogP) is 5.87. The summed E-state index contributed by atoms with van der Waals surface area (Å²) in [6.07, 6.45) is 6.48. The highest BCUT2D eigenvalue weighted by Crippen LogP contribution is 2.09. The van der Waals surface area contributed by atoms with Gasteiger partial charge in [0, 0.05) is 11.3 Å². The Kier molecular flexibility index (Phi) is 15.6. The molecule has 0 unspecified atom stereocenters. The Morgan fingerprint density at radius 3 is 2.31 bits per heavy atom. The van der Waals surface area contributed by atoms with E-state index in [-0.39, 0.29) is 0 Å². The quantitative estimate of drug-likeness (QED) is 0.578. The second kappa shape index (κ2) is 14.2. The van der Waals surface area contributed by atoms with Gasteiger partial charge in [-0.2, -0.15) is 0 Å². The Morgan fingerprint density at radius 1 is 1.38 bits per heavy atom. The molecule has 16 heavy (non-hydrogen) atoms. The molecule has 1 aromatic heterocycles. The van der Waals surface area contributed by atoms with Gasteiger partial charge in [0.1, 0.15) is 0 Å². The van der Waals surface area contributed by atoms with Gasteiger partial charge in [-0.15, -0.1) is 11.3 Å². The van der Waals surface area contributed by atoms with Gasteiger partial charge in [-0.3, -0.25) is 0 Å². The maximum absolute atomic E-state index is 3.79. The molecule has 0 saturated heterocycles. The predicted molar refractivity (Wildman–Crippen MR) is 79.3 cm³/mol. The minimum Gasteiger partial charge on any atom is -0.149 e. The lowest BCUT2D eigenvalue weighted by atomic mass is 10.2. The van der Waals surface area contributed by atoms with E-state index in [4.69, 9.17) is 0 Å². The lowest BCUT2D eigenvalue weighted by molar-refractivity contribution is 1.09.